The minimum atomic E-state index is 0.612. The Kier molecular flexibility index (Phi) is 3.09. The molecule has 0 fully saturated rings. The van der Waals surface area contributed by atoms with Crippen LogP contribution in [0.2, 0.25) is 0 Å². The molecule has 18 heavy (non-hydrogen) atoms. The fourth-order valence-corrected chi connectivity index (χ4v) is 2.21. The fraction of sp³-hybridized carbons (Fsp3) is 0.308. The highest BCUT2D eigenvalue weighted by Crippen LogP contribution is 2.21. The van der Waals surface area contributed by atoms with Crippen LogP contribution in [0.5, 0.6) is 0 Å². The quantitative estimate of drug-likeness (QED) is 0.760. The molecule has 0 unspecified atom stereocenters. The smallest absolute Gasteiger partial charge is 0.178 e. The average Bonchev–Trinajstić information content (AvgIpc) is 2.41. The van der Waals surface area contributed by atoms with E-state index >= 15 is 0 Å². The van der Waals surface area contributed by atoms with Crippen LogP contribution in [-0.2, 0) is 17.8 Å². The lowest BCUT2D eigenvalue weighted by molar-refractivity contribution is 0.109. The topological polar surface area (TPSA) is 47.9 Å². The van der Waals surface area contributed by atoms with Gasteiger partial charge >= 0.3 is 0 Å². The zero-order chi connectivity index (χ0) is 12.5. The fourth-order valence-electron chi connectivity index (χ4n) is 1.88. The molecular formula is C13H12BrN3O. The van der Waals surface area contributed by atoms with Crippen LogP contribution in [0.25, 0.3) is 11.5 Å². The van der Waals surface area contributed by atoms with Gasteiger partial charge in [-0.2, -0.15) is 0 Å². The minimum absolute atomic E-state index is 0.612. The van der Waals surface area contributed by atoms with Crippen LogP contribution in [0.1, 0.15) is 16.8 Å². The molecule has 0 aliphatic carbocycles. The number of pyridine rings is 1. The lowest BCUT2D eigenvalue weighted by Crippen LogP contribution is -2.13. The summed E-state index contributed by atoms with van der Waals surface area (Å²) in [5.74, 6) is 0.677. The molecule has 0 bridgehead atoms. The van der Waals surface area contributed by atoms with E-state index in [-0.39, 0.29) is 0 Å². The molecule has 0 N–H and O–H groups in total. The summed E-state index contributed by atoms with van der Waals surface area (Å²) in [6, 6.07) is 3.96. The molecule has 1 aliphatic heterocycles. The molecule has 3 rings (SSSR count). The number of aryl methyl sites for hydroxylation is 1. The maximum atomic E-state index is 5.37. The van der Waals surface area contributed by atoms with Crippen molar-refractivity contribution in [3.05, 3.63) is 39.8 Å². The monoisotopic (exact) mass is 305 g/mol. The van der Waals surface area contributed by atoms with Crippen molar-refractivity contribution in [1.29, 1.82) is 0 Å². The predicted octanol–water partition coefficient (Wildman–Crippen LogP) is 2.68. The second-order valence-electron chi connectivity index (χ2n) is 4.27. The third kappa shape index (κ3) is 2.15. The third-order valence-electron chi connectivity index (χ3n) is 2.96. The summed E-state index contributed by atoms with van der Waals surface area (Å²) in [7, 11) is 0. The standard InChI is InChI=1S/C13H12BrN3O/c1-8-2-3-11(16-12(8)14)13-15-6-9-7-18-5-4-10(9)17-13/h2-3,6H,4-5,7H2,1H3. The van der Waals surface area contributed by atoms with Gasteiger partial charge in [0.15, 0.2) is 5.82 Å². The molecule has 4 nitrogen and oxygen atoms in total. The van der Waals surface area contributed by atoms with Crippen molar-refractivity contribution in [2.45, 2.75) is 20.0 Å². The number of halogens is 1. The Morgan fingerprint density at radius 1 is 1.28 bits per heavy atom. The van der Waals surface area contributed by atoms with E-state index in [9.17, 15) is 0 Å². The van der Waals surface area contributed by atoms with Gasteiger partial charge in [-0.3, -0.25) is 0 Å². The zero-order valence-corrected chi connectivity index (χ0v) is 11.6. The number of ether oxygens (including phenoxy) is 1. The first-order valence-corrected chi connectivity index (χ1v) is 6.59. The van der Waals surface area contributed by atoms with Gasteiger partial charge in [-0.1, -0.05) is 6.07 Å². The number of hydrogen-bond donors (Lipinski definition) is 0. The average molecular weight is 306 g/mol. The highest BCUT2D eigenvalue weighted by atomic mass is 79.9. The summed E-state index contributed by atoms with van der Waals surface area (Å²) in [5, 5.41) is 0. The molecule has 5 heteroatoms. The molecule has 1 aliphatic rings. The first-order valence-electron chi connectivity index (χ1n) is 5.80. The predicted molar refractivity (Wildman–Crippen MR) is 71.1 cm³/mol. The summed E-state index contributed by atoms with van der Waals surface area (Å²) in [4.78, 5) is 13.4. The van der Waals surface area contributed by atoms with Crippen LogP contribution < -0.4 is 0 Å². The van der Waals surface area contributed by atoms with Crippen molar-refractivity contribution < 1.29 is 4.74 Å². The van der Waals surface area contributed by atoms with Crippen molar-refractivity contribution in [3.63, 3.8) is 0 Å². The highest BCUT2D eigenvalue weighted by molar-refractivity contribution is 9.10. The summed E-state index contributed by atoms with van der Waals surface area (Å²) in [5.41, 5.74) is 4.05. The maximum absolute atomic E-state index is 5.37. The lowest BCUT2D eigenvalue weighted by atomic mass is 10.1. The molecule has 3 heterocycles. The van der Waals surface area contributed by atoms with E-state index in [1.54, 1.807) is 0 Å². The van der Waals surface area contributed by atoms with Crippen LogP contribution in [0.4, 0.5) is 0 Å². The van der Waals surface area contributed by atoms with Gasteiger partial charge in [-0.25, -0.2) is 15.0 Å². The Labute approximate surface area is 114 Å². The van der Waals surface area contributed by atoms with E-state index in [2.05, 4.69) is 30.9 Å². The van der Waals surface area contributed by atoms with Gasteiger partial charge in [0.1, 0.15) is 10.3 Å². The lowest BCUT2D eigenvalue weighted by Gasteiger charge is -2.15. The molecule has 2 aromatic rings. The molecule has 0 amide bonds. The second kappa shape index (κ2) is 4.74. The van der Waals surface area contributed by atoms with E-state index in [1.807, 2.05) is 25.3 Å². The van der Waals surface area contributed by atoms with Crippen LogP contribution in [-0.4, -0.2) is 21.6 Å². The van der Waals surface area contributed by atoms with E-state index in [0.717, 1.165) is 40.1 Å². The van der Waals surface area contributed by atoms with Crippen LogP contribution >= 0.6 is 15.9 Å². The molecule has 2 aromatic heterocycles. The van der Waals surface area contributed by atoms with Crippen molar-refractivity contribution in [2.75, 3.05) is 6.61 Å². The molecule has 92 valence electrons. The van der Waals surface area contributed by atoms with Crippen molar-refractivity contribution in [1.82, 2.24) is 15.0 Å². The van der Waals surface area contributed by atoms with E-state index in [1.165, 1.54) is 0 Å². The van der Waals surface area contributed by atoms with Crippen molar-refractivity contribution in [3.8, 4) is 11.5 Å². The van der Waals surface area contributed by atoms with Crippen LogP contribution in [0, 0.1) is 6.92 Å². The SMILES string of the molecule is Cc1ccc(-c2ncc3c(n2)CCOC3)nc1Br. The normalized spacial score (nSPS) is 14.3. The van der Waals surface area contributed by atoms with E-state index in [4.69, 9.17) is 4.74 Å². The Bertz CT molecular complexity index is 601. The van der Waals surface area contributed by atoms with Gasteiger partial charge in [-0.05, 0) is 34.5 Å². The van der Waals surface area contributed by atoms with Gasteiger partial charge in [0.2, 0.25) is 0 Å². The Morgan fingerprint density at radius 3 is 3.00 bits per heavy atom. The number of hydrogen-bond acceptors (Lipinski definition) is 4. The van der Waals surface area contributed by atoms with Gasteiger partial charge in [0.25, 0.3) is 0 Å². The molecular weight excluding hydrogens is 294 g/mol. The second-order valence-corrected chi connectivity index (χ2v) is 5.02. The molecule has 0 saturated heterocycles. The third-order valence-corrected chi connectivity index (χ3v) is 3.76. The van der Waals surface area contributed by atoms with Gasteiger partial charge in [-0.15, -0.1) is 0 Å². The first kappa shape index (κ1) is 11.7. The highest BCUT2D eigenvalue weighted by Gasteiger charge is 2.14. The summed E-state index contributed by atoms with van der Waals surface area (Å²) >= 11 is 3.43. The first-order chi connectivity index (χ1) is 8.74. The number of fused-ring (bicyclic) bond motifs is 1. The van der Waals surface area contributed by atoms with Crippen LogP contribution in [0.3, 0.4) is 0 Å². The number of rotatable bonds is 1. The van der Waals surface area contributed by atoms with Gasteiger partial charge in [0, 0.05) is 18.2 Å². The number of nitrogens with zero attached hydrogens (tertiary/aromatic N) is 3. The van der Waals surface area contributed by atoms with Crippen LogP contribution in [0.15, 0.2) is 22.9 Å². The molecule has 0 aromatic carbocycles. The Hall–Kier alpha value is -1.33. The Morgan fingerprint density at radius 2 is 2.17 bits per heavy atom. The van der Waals surface area contributed by atoms with Crippen molar-refractivity contribution in [2.24, 2.45) is 0 Å². The van der Waals surface area contributed by atoms with Gasteiger partial charge in [0.05, 0.1) is 18.9 Å². The molecule has 0 spiro atoms. The molecule has 0 saturated carbocycles. The largest absolute Gasteiger partial charge is 0.376 e. The zero-order valence-electron chi connectivity index (χ0n) is 9.98. The molecule has 0 atom stereocenters. The summed E-state index contributed by atoms with van der Waals surface area (Å²) in [6.07, 6.45) is 2.68. The minimum Gasteiger partial charge on any atom is -0.376 e. The van der Waals surface area contributed by atoms with E-state index in [0.29, 0.717) is 12.4 Å². The van der Waals surface area contributed by atoms with Crippen molar-refractivity contribution >= 4 is 15.9 Å². The van der Waals surface area contributed by atoms with Gasteiger partial charge < -0.3 is 4.74 Å². The number of aromatic nitrogens is 3. The molecule has 0 radical (unpaired) electrons. The summed E-state index contributed by atoms with van der Waals surface area (Å²) < 4.78 is 6.21. The van der Waals surface area contributed by atoms with E-state index < -0.39 is 0 Å². The summed E-state index contributed by atoms with van der Waals surface area (Å²) in [6.45, 7) is 3.35. The maximum Gasteiger partial charge on any atom is 0.178 e. The Balaban J connectivity index is 2.03.